The van der Waals surface area contributed by atoms with Gasteiger partial charge >= 0.3 is 6.18 Å². The highest BCUT2D eigenvalue weighted by molar-refractivity contribution is 6.31. The predicted molar refractivity (Wildman–Crippen MR) is 72.8 cm³/mol. The van der Waals surface area contributed by atoms with Crippen LogP contribution in [0.4, 0.5) is 19.1 Å². The number of nitrogens with zero attached hydrogens (tertiary/aromatic N) is 4. The van der Waals surface area contributed by atoms with Crippen molar-refractivity contribution < 1.29 is 13.2 Å². The molecule has 21 heavy (non-hydrogen) atoms. The number of hydrogen-bond donors (Lipinski definition) is 1. The molecule has 5 nitrogen and oxygen atoms in total. The Morgan fingerprint density at radius 2 is 1.95 bits per heavy atom. The number of anilines is 1. The van der Waals surface area contributed by atoms with Crippen LogP contribution in [0.3, 0.4) is 0 Å². The minimum absolute atomic E-state index is 0.0146. The number of nitrogens with one attached hydrogen (secondary N) is 1. The fraction of sp³-hybridized carbons (Fsp3) is 0.417. The Hall–Kier alpha value is -1.83. The summed E-state index contributed by atoms with van der Waals surface area (Å²) in [6.45, 7) is 5.47. The molecular formula is C12H13ClF3N5. The number of halogens is 4. The maximum absolute atomic E-state index is 12.9. The van der Waals surface area contributed by atoms with Gasteiger partial charge in [-0.1, -0.05) is 11.6 Å². The number of alkyl halides is 3. The van der Waals surface area contributed by atoms with Crippen LogP contribution in [-0.4, -0.2) is 26.3 Å². The summed E-state index contributed by atoms with van der Waals surface area (Å²) >= 11 is 6.01. The quantitative estimate of drug-likeness (QED) is 0.942. The second-order valence-electron chi connectivity index (χ2n) is 4.36. The minimum Gasteiger partial charge on any atom is -0.354 e. The van der Waals surface area contributed by atoms with Gasteiger partial charge in [0, 0.05) is 12.6 Å². The Morgan fingerprint density at radius 1 is 1.29 bits per heavy atom. The molecule has 9 heteroatoms. The van der Waals surface area contributed by atoms with E-state index >= 15 is 0 Å². The third-order valence-corrected chi connectivity index (χ3v) is 3.30. The molecule has 0 unspecified atom stereocenters. The fourth-order valence-corrected chi connectivity index (χ4v) is 1.89. The van der Waals surface area contributed by atoms with Crippen LogP contribution in [0.2, 0.25) is 5.02 Å². The lowest BCUT2D eigenvalue weighted by atomic mass is 10.3. The topological polar surface area (TPSA) is 55.6 Å². The van der Waals surface area contributed by atoms with Crippen LogP contribution in [0.25, 0.3) is 5.82 Å². The Kier molecular flexibility index (Phi) is 4.08. The van der Waals surface area contributed by atoms with Crippen LogP contribution in [0, 0.1) is 13.8 Å². The SMILES string of the molecule is CCNc1nc(-n2nc(C)c(Cl)c2C)cc(C(F)(F)F)n1. The third kappa shape index (κ3) is 3.10. The minimum atomic E-state index is -4.57. The normalized spacial score (nSPS) is 11.8. The van der Waals surface area contributed by atoms with Crippen molar-refractivity contribution in [1.29, 1.82) is 0 Å². The van der Waals surface area contributed by atoms with Crippen LogP contribution < -0.4 is 5.32 Å². The summed E-state index contributed by atoms with van der Waals surface area (Å²) in [7, 11) is 0. The molecule has 0 aliphatic carbocycles. The van der Waals surface area contributed by atoms with Crippen LogP contribution in [0.1, 0.15) is 24.0 Å². The number of aromatic nitrogens is 4. The third-order valence-electron chi connectivity index (χ3n) is 2.76. The zero-order valence-corrected chi connectivity index (χ0v) is 12.3. The lowest BCUT2D eigenvalue weighted by Crippen LogP contribution is -2.15. The molecular weight excluding hydrogens is 307 g/mol. The molecule has 0 atom stereocenters. The first-order valence-electron chi connectivity index (χ1n) is 6.16. The van der Waals surface area contributed by atoms with Crippen molar-refractivity contribution in [3.8, 4) is 5.82 Å². The van der Waals surface area contributed by atoms with Crippen molar-refractivity contribution >= 4 is 17.5 Å². The van der Waals surface area contributed by atoms with E-state index in [1.54, 1.807) is 20.8 Å². The molecule has 2 aromatic heterocycles. The molecule has 2 rings (SSSR count). The summed E-state index contributed by atoms with van der Waals surface area (Å²) in [6.07, 6.45) is -4.57. The van der Waals surface area contributed by atoms with Gasteiger partial charge < -0.3 is 5.32 Å². The van der Waals surface area contributed by atoms with E-state index in [0.717, 1.165) is 6.07 Å². The van der Waals surface area contributed by atoms with Gasteiger partial charge in [-0.15, -0.1) is 0 Å². The summed E-state index contributed by atoms with van der Waals surface area (Å²) in [5, 5.41) is 7.17. The number of aryl methyl sites for hydroxylation is 1. The van der Waals surface area contributed by atoms with Crippen molar-refractivity contribution in [3.63, 3.8) is 0 Å². The van der Waals surface area contributed by atoms with Crippen molar-refractivity contribution in [1.82, 2.24) is 19.7 Å². The van der Waals surface area contributed by atoms with Crippen LogP contribution >= 0.6 is 11.6 Å². The Balaban J connectivity index is 2.62. The van der Waals surface area contributed by atoms with Gasteiger partial charge in [0.1, 0.15) is 0 Å². The maximum Gasteiger partial charge on any atom is 0.433 e. The number of rotatable bonds is 3. The van der Waals surface area contributed by atoms with E-state index < -0.39 is 11.9 Å². The second kappa shape index (κ2) is 5.51. The van der Waals surface area contributed by atoms with Gasteiger partial charge in [-0.3, -0.25) is 0 Å². The number of hydrogen-bond acceptors (Lipinski definition) is 4. The summed E-state index contributed by atoms with van der Waals surface area (Å²) in [4.78, 5) is 7.50. The van der Waals surface area contributed by atoms with Crippen molar-refractivity contribution in [2.45, 2.75) is 26.9 Å². The highest BCUT2D eigenvalue weighted by Gasteiger charge is 2.34. The average molecular weight is 320 g/mol. The average Bonchev–Trinajstić information content (AvgIpc) is 2.66. The van der Waals surface area contributed by atoms with Gasteiger partial charge in [-0.2, -0.15) is 23.3 Å². The predicted octanol–water partition coefficient (Wildman–Crippen LogP) is 3.38. The van der Waals surface area contributed by atoms with Crippen molar-refractivity contribution in [3.05, 3.63) is 28.2 Å². The Labute approximate surface area is 124 Å². The van der Waals surface area contributed by atoms with Crippen LogP contribution in [-0.2, 0) is 6.18 Å². The summed E-state index contributed by atoms with van der Waals surface area (Å²) in [5.74, 6) is -0.0909. The van der Waals surface area contributed by atoms with Crippen molar-refractivity contribution in [2.75, 3.05) is 11.9 Å². The molecule has 0 bridgehead atoms. The molecule has 0 fully saturated rings. The molecule has 0 aliphatic heterocycles. The van der Waals surface area contributed by atoms with Crippen molar-refractivity contribution in [2.24, 2.45) is 0 Å². The monoisotopic (exact) mass is 319 g/mol. The lowest BCUT2D eigenvalue weighted by molar-refractivity contribution is -0.141. The molecule has 0 aliphatic rings. The second-order valence-corrected chi connectivity index (χ2v) is 4.74. The molecule has 2 heterocycles. The molecule has 0 amide bonds. The maximum atomic E-state index is 12.9. The summed E-state index contributed by atoms with van der Waals surface area (Å²) in [5.41, 5.74) is 0.00176. The fourth-order valence-electron chi connectivity index (χ4n) is 1.77. The Morgan fingerprint density at radius 3 is 2.43 bits per heavy atom. The van der Waals surface area contributed by atoms with E-state index in [2.05, 4.69) is 20.4 Å². The van der Waals surface area contributed by atoms with E-state index in [4.69, 9.17) is 11.6 Å². The summed E-state index contributed by atoms with van der Waals surface area (Å²) < 4.78 is 40.0. The zero-order valence-electron chi connectivity index (χ0n) is 11.6. The molecule has 1 N–H and O–H groups in total. The van der Waals surface area contributed by atoms with Gasteiger partial charge in [-0.25, -0.2) is 9.67 Å². The molecule has 2 aromatic rings. The summed E-state index contributed by atoms with van der Waals surface area (Å²) in [6, 6.07) is 0.844. The van der Waals surface area contributed by atoms with E-state index in [-0.39, 0.29) is 11.8 Å². The Bertz CT molecular complexity index is 666. The smallest absolute Gasteiger partial charge is 0.354 e. The van der Waals surface area contributed by atoms with Crippen LogP contribution in [0.5, 0.6) is 0 Å². The van der Waals surface area contributed by atoms with Gasteiger partial charge in [0.05, 0.1) is 16.4 Å². The van der Waals surface area contributed by atoms with Gasteiger partial charge in [0.2, 0.25) is 5.95 Å². The first-order chi connectivity index (χ1) is 9.74. The van der Waals surface area contributed by atoms with E-state index in [1.165, 1.54) is 4.68 Å². The highest BCUT2D eigenvalue weighted by Crippen LogP contribution is 2.30. The van der Waals surface area contributed by atoms with Gasteiger partial charge in [0.15, 0.2) is 11.5 Å². The highest BCUT2D eigenvalue weighted by atomic mass is 35.5. The van der Waals surface area contributed by atoms with Gasteiger partial charge in [0.25, 0.3) is 0 Å². The first kappa shape index (κ1) is 15.6. The molecule has 0 saturated heterocycles. The van der Waals surface area contributed by atoms with Crippen LogP contribution in [0.15, 0.2) is 6.07 Å². The van der Waals surface area contributed by atoms with E-state index in [0.29, 0.717) is 23.0 Å². The van der Waals surface area contributed by atoms with E-state index in [1.807, 2.05) is 0 Å². The molecule has 0 aromatic carbocycles. The first-order valence-corrected chi connectivity index (χ1v) is 6.54. The lowest BCUT2D eigenvalue weighted by Gasteiger charge is -2.11. The molecule has 0 spiro atoms. The molecule has 114 valence electrons. The molecule has 0 radical (unpaired) electrons. The zero-order chi connectivity index (χ0) is 15.8. The standard InChI is InChI=1S/C12H13ClF3N5/c1-4-17-11-18-8(12(14,15)16)5-9(19-11)21-7(3)10(13)6(2)20-21/h5H,4H2,1-3H3,(H,17,18,19). The molecule has 0 saturated carbocycles. The van der Waals surface area contributed by atoms with Gasteiger partial charge in [-0.05, 0) is 20.8 Å². The largest absolute Gasteiger partial charge is 0.433 e. The van der Waals surface area contributed by atoms with E-state index in [9.17, 15) is 13.2 Å².